The fourth-order valence-corrected chi connectivity index (χ4v) is 3.76. The van der Waals surface area contributed by atoms with Gasteiger partial charge in [-0.05, 0) is 36.2 Å². The van der Waals surface area contributed by atoms with Crippen molar-refractivity contribution in [3.63, 3.8) is 0 Å². The molecule has 0 fully saturated rings. The first-order chi connectivity index (χ1) is 11.1. The topological polar surface area (TPSA) is 17.8 Å². The van der Waals surface area contributed by atoms with E-state index in [1.54, 1.807) is 6.20 Å². The number of nitrogens with zero attached hydrogens (tertiary/aromatic N) is 2. The molecule has 0 bridgehead atoms. The molecule has 1 unspecified atom stereocenters. The van der Waals surface area contributed by atoms with Gasteiger partial charge in [-0.25, -0.2) is 4.98 Å². The van der Waals surface area contributed by atoms with Gasteiger partial charge in [0.05, 0.1) is 16.4 Å². The van der Waals surface area contributed by atoms with Gasteiger partial charge in [0.1, 0.15) is 0 Å². The van der Waals surface area contributed by atoms with Gasteiger partial charge in [-0.3, -0.25) is 0 Å². The lowest BCUT2D eigenvalue weighted by Gasteiger charge is -2.15. The first kappa shape index (κ1) is 16.4. The SMILES string of the molecule is CC(Sc1ccccc1Cn1ccnc1)c1ccc(Cl)c(Cl)c1. The lowest BCUT2D eigenvalue weighted by molar-refractivity contribution is 0.783. The first-order valence-corrected chi connectivity index (χ1v) is 8.92. The average molecular weight is 363 g/mol. The Morgan fingerprint density at radius 3 is 2.70 bits per heavy atom. The Bertz CT molecular complexity index is 787. The second-order valence-corrected chi connectivity index (χ2v) is 7.47. The number of hydrogen-bond donors (Lipinski definition) is 0. The van der Waals surface area contributed by atoms with Crippen molar-refractivity contribution in [1.82, 2.24) is 9.55 Å². The fourth-order valence-electron chi connectivity index (χ4n) is 2.35. The van der Waals surface area contributed by atoms with Crippen LogP contribution in [0.5, 0.6) is 0 Å². The molecular formula is C18H16Cl2N2S. The van der Waals surface area contributed by atoms with Crippen LogP contribution >= 0.6 is 35.0 Å². The fraction of sp³-hybridized carbons (Fsp3) is 0.167. The summed E-state index contributed by atoms with van der Waals surface area (Å²) in [6.07, 6.45) is 5.61. The quantitative estimate of drug-likeness (QED) is 0.511. The lowest BCUT2D eigenvalue weighted by atomic mass is 10.2. The van der Waals surface area contributed by atoms with E-state index in [1.165, 1.54) is 16.0 Å². The van der Waals surface area contributed by atoms with Gasteiger partial charge in [-0.2, -0.15) is 0 Å². The molecule has 0 spiro atoms. The maximum absolute atomic E-state index is 6.14. The molecule has 0 saturated carbocycles. The molecule has 3 aromatic rings. The second kappa shape index (κ2) is 7.43. The van der Waals surface area contributed by atoms with E-state index in [2.05, 4.69) is 40.7 Å². The Morgan fingerprint density at radius 2 is 1.96 bits per heavy atom. The molecule has 3 rings (SSSR count). The second-order valence-electron chi connectivity index (χ2n) is 5.28. The molecule has 0 aliphatic carbocycles. The summed E-state index contributed by atoms with van der Waals surface area (Å²) in [5.41, 5.74) is 2.45. The van der Waals surface area contributed by atoms with Gasteiger partial charge >= 0.3 is 0 Å². The van der Waals surface area contributed by atoms with Crippen LogP contribution in [0, 0.1) is 0 Å². The largest absolute Gasteiger partial charge is 0.333 e. The van der Waals surface area contributed by atoms with Crippen molar-refractivity contribution in [3.8, 4) is 0 Å². The Hall–Kier alpha value is -1.42. The summed E-state index contributed by atoms with van der Waals surface area (Å²) < 4.78 is 2.07. The van der Waals surface area contributed by atoms with Crippen LogP contribution in [0.1, 0.15) is 23.3 Å². The van der Waals surface area contributed by atoms with E-state index in [0.717, 1.165) is 6.54 Å². The molecule has 0 N–H and O–H groups in total. The Morgan fingerprint density at radius 1 is 1.13 bits per heavy atom. The van der Waals surface area contributed by atoms with Crippen molar-refractivity contribution in [2.45, 2.75) is 23.6 Å². The number of imidazole rings is 1. The number of aromatic nitrogens is 2. The highest BCUT2D eigenvalue weighted by molar-refractivity contribution is 7.99. The minimum atomic E-state index is 0.286. The summed E-state index contributed by atoms with van der Waals surface area (Å²) in [7, 11) is 0. The van der Waals surface area contributed by atoms with Gasteiger partial charge in [0, 0.05) is 29.1 Å². The van der Waals surface area contributed by atoms with Crippen LogP contribution in [0.4, 0.5) is 0 Å². The van der Waals surface area contributed by atoms with E-state index in [0.29, 0.717) is 10.0 Å². The third-order valence-corrected chi connectivity index (χ3v) is 5.62. The summed E-state index contributed by atoms with van der Waals surface area (Å²) >= 11 is 14.0. The van der Waals surface area contributed by atoms with Crippen LogP contribution < -0.4 is 0 Å². The summed E-state index contributed by atoms with van der Waals surface area (Å²) in [4.78, 5) is 5.37. The van der Waals surface area contributed by atoms with Crippen molar-refractivity contribution < 1.29 is 0 Å². The standard InChI is InChI=1S/C18H16Cl2N2S/c1-13(14-6-7-16(19)17(20)10-14)23-18-5-3-2-4-15(18)11-22-9-8-21-12-22/h2-10,12-13H,11H2,1H3. The van der Waals surface area contributed by atoms with E-state index in [1.807, 2.05) is 42.5 Å². The zero-order valence-electron chi connectivity index (χ0n) is 12.6. The average Bonchev–Trinajstić information content (AvgIpc) is 3.05. The summed E-state index contributed by atoms with van der Waals surface area (Å²) in [5, 5.41) is 1.48. The monoisotopic (exact) mass is 362 g/mol. The van der Waals surface area contributed by atoms with Crippen molar-refractivity contribution in [3.05, 3.63) is 82.4 Å². The van der Waals surface area contributed by atoms with Gasteiger partial charge in [0.15, 0.2) is 0 Å². The van der Waals surface area contributed by atoms with Gasteiger partial charge in [-0.1, -0.05) is 47.5 Å². The minimum absolute atomic E-state index is 0.286. The molecule has 1 atom stereocenters. The zero-order valence-corrected chi connectivity index (χ0v) is 14.9. The molecule has 118 valence electrons. The maximum Gasteiger partial charge on any atom is 0.0949 e. The van der Waals surface area contributed by atoms with E-state index in [4.69, 9.17) is 23.2 Å². The number of hydrogen-bond acceptors (Lipinski definition) is 2. The normalized spacial score (nSPS) is 12.3. The number of halogens is 2. The van der Waals surface area contributed by atoms with Crippen LogP contribution in [-0.4, -0.2) is 9.55 Å². The molecular weight excluding hydrogens is 347 g/mol. The maximum atomic E-state index is 6.14. The predicted octanol–water partition coefficient (Wildman–Crippen LogP) is 6.09. The third-order valence-electron chi connectivity index (χ3n) is 3.60. The molecule has 0 saturated heterocycles. The lowest BCUT2D eigenvalue weighted by Crippen LogP contribution is -1.99. The van der Waals surface area contributed by atoms with Gasteiger partial charge in [0.2, 0.25) is 0 Å². The summed E-state index contributed by atoms with van der Waals surface area (Å²) in [5.74, 6) is 0. The molecule has 0 aliphatic heterocycles. The molecule has 23 heavy (non-hydrogen) atoms. The third kappa shape index (κ3) is 4.11. The molecule has 1 heterocycles. The van der Waals surface area contributed by atoms with E-state index in [9.17, 15) is 0 Å². The molecule has 0 amide bonds. The molecule has 1 aromatic heterocycles. The number of benzene rings is 2. The molecule has 5 heteroatoms. The summed E-state index contributed by atoms with van der Waals surface area (Å²) in [6, 6.07) is 14.3. The van der Waals surface area contributed by atoms with Gasteiger partial charge < -0.3 is 4.57 Å². The minimum Gasteiger partial charge on any atom is -0.333 e. The first-order valence-electron chi connectivity index (χ1n) is 7.29. The van der Waals surface area contributed by atoms with E-state index >= 15 is 0 Å². The van der Waals surface area contributed by atoms with Crippen molar-refractivity contribution >= 4 is 35.0 Å². The van der Waals surface area contributed by atoms with Crippen LogP contribution in [0.3, 0.4) is 0 Å². The van der Waals surface area contributed by atoms with E-state index < -0.39 is 0 Å². The predicted molar refractivity (Wildman–Crippen MR) is 98.5 cm³/mol. The van der Waals surface area contributed by atoms with Crippen molar-refractivity contribution in [2.75, 3.05) is 0 Å². The summed E-state index contributed by atoms with van der Waals surface area (Å²) in [6.45, 7) is 3.00. The molecule has 2 nitrogen and oxygen atoms in total. The zero-order chi connectivity index (χ0) is 16.2. The van der Waals surface area contributed by atoms with Crippen LogP contribution in [-0.2, 0) is 6.54 Å². The molecule has 2 aromatic carbocycles. The molecule has 0 aliphatic rings. The highest BCUT2D eigenvalue weighted by Crippen LogP contribution is 2.38. The van der Waals surface area contributed by atoms with Crippen LogP contribution in [0.15, 0.2) is 66.1 Å². The molecule has 0 radical (unpaired) electrons. The number of thioether (sulfide) groups is 1. The Labute approximate surface area is 150 Å². The highest BCUT2D eigenvalue weighted by atomic mass is 35.5. The van der Waals surface area contributed by atoms with Crippen LogP contribution in [0.2, 0.25) is 10.0 Å². The smallest absolute Gasteiger partial charge is 0.0949 e. The number of rotatable bonds is 5. The Kier molecular flexibility index (Phi) is 5.31. The van der Waals surface area contributed by atoms with Crippen molar-refractivity contribution in [1.29, 1.82) is 0 Å². The van der Waals surface area contributed by atoms with Crippen molar-refractivity contribution in [2.24, 2.45) is 0 Å². The van der Waals surface area contributed by atoms with E-state index in [-0.39, 0.29) is 5.25 Å². The van der Waals surface area contributed by atoms with Gasteiger partial charge in [0.25, 0.3) is 0 Å². The van der Waals surface area contributed by atoms with Crippen LogP contribution in [0.25, 0.3) is 0 Å². The highest BCUT2D eigenvalue weighted by Gasteiger charge is 2.12. The van der Waals surface area contributed by atoms with Gasteiger partial charge in [-0.15, -0.1) is 11.8 Å². The Balaban J connectivity index is 1.80.